The number of ether oxygens (including phenoxy) is 1. The molecule has 2 N–H and O–H groups in total. The van der Waals surface area contributed by atoms with Crippen LogP contribution in [0.2, 0.25) is 5.02 Å². The van der Waals surface area contributed by atoms with Crippen molar-refractivity contribution in [3.05, 3.63) is 98.4 Å². The maximum absolute atomic E-state index is 14.4. The minimum atomic E-state index is -4.61. The van der Waals surface area contributed by atoms with Crippen LogP contribution in [0.15, 0.2) is 59.8 Å². The van der Waals surface area contributed by atoms with E-state index in [1.807, 2.05) is 43.9 Å². The average molecular weight is 775 g/mol. The number of aromatic nitrogens is 7. The van der Waals surface area contributed by atoms with Crippen LogP contribution in [0.1, 0.15) is 53.6 Å². The van der Waals surface area contributed by atoms with Gasteiger partial charge >= 0.3 is 6.18 Å². The smallest absolute Gasteiger partial charge is 0.366 e. The quantitative estimate of drug-likeness (QED) is 0.216. The largest absolute Gasteiger partial charge is 0.416 e. The Morgan fingerprint density at radius 2 is 1.84 bits per heavy atom. The van der Waals surface area contributed by atoms with Gasteiger partial charge in [0.05, 0.1) is 46.0 Å². The topological polar surface area (TPSA) is 156 Å². The third kappa shape index (κ3) is 6.46. The summed E-state index contributed by atoms with van der Waals surface area (Å²) in [5.41, 5.74) is 2.90. The van der Waals surface area contributed by atoms with Crippen molar-refractivity contribution >= 4 is 51.6 Å². The number of rotatable bonds is 7. The zero-order chi connectivity index (χ0) is 38.8. The number of amides is 2. The third-order valence-electron chi connectivity index (χ3n) is 10.1. The van der Waals surface area contributed by atoms with Crippen molar-refractivity contribution in [3.63, 3.8) is 0 Å². The molecule has 0 aliphatic carbocycles. The van der Waals surface area contributed by atoms with Gasteiger partial charge in [0, 0.05) is 37.9 Å². The van der Waals surface area contributed by atoms with Crippen molar-refractivity contribution in [2.45, 2.75) is 52.1 Å². The highest BCUT2D eigenvalue weighted by molar-refractivity contribution is 6.33. The monoisotopic (exact) mass is 774 g/mol. The summed E-state index contributed by atoms with van der Waals surface area (Å²) in [7, 11) is 0. The van der Waals surface area contributed by atoms with Crippen molar-refractivity contribution < 1.29 is 27.5 Å². The molecule has 0 atom stereocenters. The number of hydrogen-bond donors (Lipinski definition) is 2. The summed E-state index contributed by atoms with van der Waals surface area (Å²) in [5, 5.41) is 6.96. The molecule has 0 spiro atoms. The number of carbonyl (C=O) groups excluding carboxylic acids is 2. The number of H-pyrrole nitrogens is 1. The molecular weight excluding hydrogens is 741 g/mol. The molecule has 0 bridgehead atoms. The second kappa shape index (κ2) is 13.5. The number of benzene rings is 2. The van der Waals surface area contributed by atoms with E-state index in [1.54, 1.807) is 21.7 Å². The first-order valence-corrected chi connectivity index (χ1v) is 17.9. The van der Waals surface area contributed by atoms with E-state index in [2.05, 4.69) is 25.4 Å². The second-order valence-electron chi connectivity index (χ2n) is 13.8. The van der Waals surface area contributed by atoms with Gasteiger partial charge in [-0.05, 0) is 61.7 Å². The van der Waals surface area contributed by atoms with Crippen LogP contribution in [-0.2, 0) is 40.9 Å². The normalized spacial score (nSPS) is 15.5. The number of piperazine rings is 1. The first kappa shape index (κ1) is 36.2. The van der Waals surface area contributed by atoms with Gasteiger partial charge in [-0.3, -0.25) is 14.4 Å². The molecule has 0 radical (unpaired) electrons. The highest BCUT2D eigenvalue weighted by Crippen LogP contribution is 2.38. The number of hydrogen-bond acceptors (Lipinski definition) is 9. The minimum absolute atomic E-state index is 0.0127. The first-order chi connectivity index (χ1) is 26.2. The van der Waals surface area contributed by atoms with E-state index in [0.29, 0.717) is 35.3 Å². The van der Waals surface area contributed by atoms with Crippen molar-refractivity contribution in [3.8, 4) is 11.4 Å². The van der Waals surface area contributed by atoms with Crippen LogP contribution < -0.4 is 15.8 Å². The van der Waals surface area contributed by atoms with Crippen molar-refractivity contribution in [1.82, 2.24) is 39.0 Å². The fourth-order valence-corrected chi connectivity index (χ4v) is 7.49. The Bertz CT molecular complexity index is 2570. The van der Waals surface area contributed by atoms with E-state index < -0.39 is 28.8 Å². The Morgan fingerprint density at radius 3 is 2.56 bits per heavy atom. The van der Waals surface area contributed by atoms with Gasteiger partial charge in [-0.1, -0.05) is 30.7 Å². The molecule has 55 heavy (non-hydrogen) atoms. The van der Waals surface area contributed by atoms with Gasteiger partial charge in [0.15, 0.2) is 11.5 Å². The standard InChI is InChI=1S/C37H34ClF3N10O4/c1-4-27-31(48-11-13-49(14-12-48)33(53)30-29-26(9-10-42-30)43-19-44-29)34(54)51-35(46-32(47-51)20-5-7-23-21(15-20)18-55-36(23,2)3)50(27)17-28(52)45-25-8-6-22(16-24(25)38)37(39,40)41/h5-10,15-16,19H,4,11-14,17-18H2,1-3H3,(H,43,44)(H,45,52). The number of nitrogens with one attached hydrogen (secondary N) is 2. The molecule has 2 aromatic carbocycles. The summed E-state index contributed by atoms with van der Waals surface area (Å²) < 4.78 is 48.6. The Hall–Kier alpha value is -5.81. The molecule has 0 saturated carbocycles. The maximum Gasteiger partial charge on any atom is 0.416 e. The molecule has 2 amide bonds. The van der Waals surface area contributed by atoms with E-state index in [-0.39, 0.29) is 72.3 Å². The van der Waals surface area contributed by atoms with Crippen molar-refractivity contribution in [2.75, 3.05) is 36.4 Å². The molecule has 8 rings (SSSR count). The zero-order valence-corrected chi connectivity index (χ0v) is 30.6. The van der Waals surface area contributed by atoms with Gasteiger partial charge in [0.1, 0.15) is 17.7 Å². The number of fused-ring (bicyclic) bond motifs is 3. The Kier molecular flexibility index (Phi) is 8.87. The fraction of sp³-hybridized carbons (Fsp3) is 0.324. The summed E-state index contributed by atoms with van der Waals surface area (Å²) >= 11 is 6.17. The van der Waals surface area contributed by atoms with Crippen LogP contribution in [0, 0.1) is 0 Å². The highest BCUT2D eigenvalue weighted by Gasteiger charge is 2.34. The Balaban J connectivity index is 1.16. The number of alkyl halides is 3. The van der Waals surface area contributed by atoms with Crippen LogP contribution >= 0.6 is 11.6 Å². The molecule has 6 aromatic rings. The summed E-state index contributed by atoms with van der Waals surface area (Å²) in [5.74, 6) is -0.564. The van der Waals surface area contributed by atoms with Crippen molar-refractivity contribution in [2.24, 2.45) is 0 Å². The zero-order valence-electron chi connectivity index (χ0n) is 29.9. The van der Waals surface area contributed by atoms with E-state index in [1.165, 1.54) is 6.33 Å². The number of pyridine rings is 1. The van der Waals surface area contributed by atoms with Crippen molar-refractivity contribution in [1.29, 1.82) is 0 Å². The van der Waals surface area contributed by atoms with Gasteiger partial charge in [-0.2, -0.15) is 22.7 Å². The molecule has 0 unspecified atom stereocenters. The second-order valence-corrected chi connectivity index (χ2v) is 14.2. The van der Waals surface area contributed by atoms with Crippen LogP contribution in [0.25, 0.3) is 28.2 Å². The van der Waals surface area contributed by atoms with Crippen LogP contribution in [-0.4, -0.2) is 77.0 Å². The number of aromatic amines is 1. The molecule has 2 aliphatic heterocycles. The number of carbonyl (C=O) groups is 2. The molecular formula is C37H34ClF3N10O4. The number of halogens is 4. The molecule has 2 aliphatic rings. The van der Waals surface area contributed by atoms with Gasteiger partial charge in [0.2, 0.25) is 11.7 Å². The third-order valence-corrected chi connectivity index (χ3v) is 10.4. The lowest BCUT2D eigenvalue weighted by atomic mass is 9.94. The summed E-state index contributed by atoms with van der Waals surface area (Å²) in [6, 6.07) is 10.1. The molecule has 4 aromatic heterocycles. The average Bonchev–Trinajstić information content (AvgIpc) is 3.90. The molecule has 18 heteroatoms. The molecule has 14 nitrogen and oxygen atoms in total. The Labute approximate surface area is 315 Å². The lowest BCUT2D eigenvalue weighted by molar-refractivity contribution is -0.137. The molecule has 1 fully saturated rings. The number of imidazole rings is 1. The number of nitrogens with zero attached hydrogens (tertiary/aromatic N) is 8. The van der Waals surface area contributed by atoms with Crippen LogP contribution in [0.5, 0.6) is 0 Å². The van der Waals surface area contributed by atoms with Gasteiger partial charge < -0.3 is 29.4 Å². The summed E-state index contributed by atoms with van der Waals surface area (Å²) in [6.07, 6.45) is -1.27. The fourth-order valence-electron chi connectivity index (χ4n) is 7.26. The van der Waals surface area contributed by atoms with Gasteiger partial charge in [-0.25, -0.2) is 9.97 Å². The number of anilines is 2. The Morgan fingerprint density at radius 1 is 1.05 bits per heavy atom. The lowest BCUT2D eigenvalue weighted by Crippen LogP contribution is -2.51. The molecule has 6 heterocycles. The van der Waals surface area contributed by atoms with Gasteiger partial charge in [0.25, 0.3) is 11.5 Å². The van der Waals surface area contributed by atoms with E-state index in [4.69, 9.17) is 21.3 Å². The predicted octanol–water partition coefficient (Wildman–Crippen LogP) is 5.43. The lowest BCUT2D eigenvalue weighted by Gasteiger charge is -2.36. The maximum atomic E-state index is 14.4. The summed E-state index contributed by atoms with van der Waals surface area (Å²) in [6.45, 7) is 6.93. The molecule has 284 valence electrons. The minimum Gasteiger partial charge on any atom is -0.366 e. The summed E-state index contributed by atoms with van der Waals surface area (Å²) in [4.78, 5) is 61.5. The first-order valence-electron chi connectivity index (χ1n) is 17.5. The van der Waals surface area contributed by atoms with Crippen LogP contribution in [0.4, 0.5) is 24.5 Å². The van der Waals surface area contributed by atoms with Crippen LogP contribution in [0.3, 0.4) is 0 Å². The highest BCUT2D eigenvalue weighted by atomic mass is 35.5. The van der Waals surface area contributed by atoms with E-state index in [0.717, 1.165) is 33.8 Å². The SMILES string of the molecule is CCc1c(N2CCN(C(=O)c3nccc4[nH]cnc34)CC2)c(=O)n2nc(-c3ccc4c(c3)COC4(C)C)nc2n1CC(=O)Nc1ccc(C(F)(F)F)cc1Cl. The molecule has 1 saturated heterocycles. The van der Waals surface area contributed by atoms with Gasteiger partial charge in [-0.15, -0.1) is 5.10 Å². The predicted molar refractivity (Wildman–Crippen MR) is 197 cm³/mol. The van der Waals surface area contributed by atoms with E-state index in [9.17, 15) is 27.6 Å². The van der Waals surface area contributed by atoms with E-state index >= 15 is 0 Å².